The first kappa shape index (κ1) is 8.54. The first-order chi connectivity index (χ1) is 6.18. The third-order valence-corrected chi connectivity index (χ3v) is 2.59. The van der Waals surface area contributed by atoms with Crippen molar-refractivity contribution in [2.45, 2.75) is 32.7 Å². The maximum atomic E-state index is 4.34. The van der Waals surface area contributed by atoms with Gasteiger partial charge in [0.2, 0.25) is 0 Å². The average molecular weight is 176 g/mol. The van der Waals surface area contributed by atoms with E-state index in [4.69, 9.17) is 0 Å². The van der Waals surface area contributed by atoms with Crippen molar-refractivity contribution in [3.05, 3.63) is 24.5 Å². The van der Waals surface area contributed by atoms with Gasteiger partial charge in [-0.1, -0.05) is 20.4 Å². The van der Waals surface area contributed by atoms with Crippen LogP contribution in [-0.2, 0) is 0 Å². The van der Waals surface area contributed by atoms with Gasteiger partial charge in [0.05, 0.1) is 12.2 Å². The number of hydrogen-bond donors (Lipinski definition) is 0. The maximum absolute atomic E-state index is 4.34. The largest absolute Gasteiger partial charge is 0.269 e. The predicted molar refractivity (Wildman–Crippen MR) is 54.4 cm³/mol. The molecule has 1 aromatic rings. The lowest BCUT2D eigenvalue weighted by Gasteiger charge is -2.05. The quantitative estimate of drug-likeness (QED) is 0.692. The van der Waals surface area contributed by atoms with Crippen LogP contribution in [0.15, 0.2) is 19.0 Å². The second-order valence-electron chi connectivity index (χ2n) is 4.12. The van der Waals surface area contributed by atoms with Gasteiger partial charge in [-0.3, -0.25) is 4.68 Å². The zero-order valence-corrected chi connectivity index (χ0v) is 8.33. The molecule has 1 aliphatic carbocycles. The monoisotopic (exact) mass is 176 g/mol. The van der Waals surface area contributed by atoms with Gasteiger partial charge in [-0.2, -0.15) is 5.10 Å². The SMILES string of the molecule is C=C(c1cnn(C2CC2)c1)C(C)C. The van der Waals surface area contributed by atoms with Crippen molar-refractivity contribution in [3.8, 4) is 0 Å². The van der Waals surface area contributed by atoms with Crippen LogP contribution in [0.4, 0.5) is 0 Å². The minimum absolute atomic E-state index is 0.511. The van der Waals surface area contributed by atoms with E-state index < -0.39 is 0 Å². The third-order valence-electron chi connectivity index (χ3n) is 2.59. The molecule has 1 heterocycles. The van der Waals surface area contributed by atoms with Gasteiger partial charge in [-0.25, -0.2) is 0 Å². The lowest BCUT2D eigenvalue weighted by Crippen LogP contribution is -1.93. The van der Waals surface area contributed by atoms with E-state index in [0.29, 0.717) is 12.0 Å². The molecule has 2 heteroatoms. The molecular weight excluding hydrogens is 160 g/mol. The van der Waals surface area contributed by atoms with Crippen LogP contribution >= 0.6 is 0 Å². The van der Waals surface area contributed by atoms with Crippen LogP contribution in [0.2, 0.25) is 0 Å². The summed E-state index contributed by atoms with van der Waals surface area (Å²) in [5.74, 6) is 0.511. The summed E-state index contributed by atoms with van der Waals surface area (Å²) in [5.41, 5.74) is 2.38. The fourth-order valence-electron chi connectivity index (χ4n) is 1.38. The van der Waals surface area contributed by atoms with Crippen LogP contribution in [-0.4, -0.2) is 9.78 Å². The number of rotatable bonds is 3. The molecule has 0 bridgehead atoms. The Morgan fingerprint density at radius 3 is 2.85 bits per heavy atom. The van der Waals surface area contributed by atoms with Gasteiger partial charge in [0.1, 0.15) is 0 Å². The summed E-state index contributed by atoms with van der Waals surface area (Å²) >= 11 is 0. The topological polar surface area (TPSA) is 17.8 Å². The molecule has 2 nitrogen and oxygen atoms in total. The Balaban J connectivity index is 2.16. The Bertz CT molecular complexity index is 319. The highest BCUT2D eigenvalue weighted by molar-refractivity contribution is 5.63. The summed E-state index contributed by atoms with van der Waals surface area (Å²) < 4.78 is 2.07. The van der Waals surface area contributed by atoms with Crippen LogP contribution in [0.1, 0.15) is 38.3 Å². The predicted octanol–water partition coefficient (Wildman–Crippen LogP) is 2.89. The molecule has 70 valence electrons. The lowest BCUT2D eigenvalue weighted by atomic mass is 10.0. The van der Waals surface area contributed by atoms with Gasteiger partial charge in [-0.15, -0.1) is 0 Å². The summed E-state index contributed by atoms with van der Waals surface area (Å²) in [4.78, 5) is 0. The van der Waals surface area contributed by atoms with Crippen LogP contribution in [0.25, 0.3) is 5.57 Å². The van der Waals surface area contributed by atoms with Crippen molar-refractivity contribution in [1.82, 2.24) is 9.78 Å². The first-order valence-electron chi connectivity index (χ1n) is 4.92. The third kappa shape index (κ3) is 1.67. The van der Waals surface area contributed by atoms with E-state index in [9.17, 15) is 0 Å². The minimum Gasteiger partial charge on any atom is -0.269 e. The summed E-state index contributed by atoms with van der Waals surface area (Å²) in [5, 5.41) is 4.34. The molecule has 1 fully saturated rings. The van der Waals surface area contributed by atoms with Crippen molar-refractivity contribution in [3.63, 3.8) is 0 Å². The molecule has 0 aliphatic heterocycles. The van der Waals surface area contributed by atoms with Crippen molar-refractivity contribution in [2.75, 3.05) is 0 Å². The summed E-state index contributed by atoms with van der Waals surface area (Å²) in [6.45, 7) is 8.39. The maximum Gasteiger partial charge on any atom is 0.0565 e. The normalized spacial score (nSPS) is 16.5. The standard InChI is InChI=1S/C11H16N2/c1-8(2)9(3)10-6-12-13(7-10)11-4-5-11/h6-8,11H,3-5H2,1-2H3. The van der Waals surface area contributed by atoms with Crippen molar-refractivity contribution < 1.29 is 0 Å². The molecule has 0 spiro atoms. The van der Waals surface area contributed by atoms with Gasteiger partial charge in [0.15, 0.2) is 0 Å². The van der Waals surface area contributed by atoms with E-state index in [0.717, 1.165) is 0 Å². The van der Waals surface area contributed by atoms with Crippen molar-refractivity contribution >= 4 is 5.57 Å². The Kier molecular flexibility index (Phi) is 1.98. The molecule has 0 aromatic carbocycles. The summed E-state index contributed by atoms with van der Waals surface area (Å²) in [6, 6.07) is 0.675. The fraction of sp³-hybridized carbons (Fsp3) is 0.545. The molecule has 1 saturated carbocycles. The minimum atomic E-state index is 0.511. The number of allylic oxidation sites excluding steroid dienone is 1. The smallest absolute Gasteiger partial charge is 0.0565 e. The molecule has 0 saturated heterocycles. The Morgan fingerprint density at radius 2 is 2.31 bits per heavy atom. The molecule has 0 radical (unpaired) electrons. The second kappa shape index (κ2) is 3.02. The van der Waals surface area contributed by atoms with Gasteiger partial charge < -0.3 is 0 Å². The molecule has 0 N–H and O–H groups in total. The van der Waals surface area contributed by atoms with Crippen LogP contribution in [0.3, 0.4) is 0 Å². The highest BCUT2D eigenvalue weighted by atomic mass is 15.3. The van der Waals surface area contributed by atoms with E-state index in [-0.39, 0.29) is 0 Å². The van der Waals surface area contributed by atoms with E-state index in [1.165, 1.54) is 24.0 Å². The zero-order valence-electron chi connectivity index (χ0n) is 8.33. The fourth-order valence-corrected chi connectivity index (χ4v) is 1.38. The van der Waals surface area contributed by atoms with Crippen LogP contribution in [0.5, 0.6) is 0 Å². The zero-order chi connectivity index (χ0) is 9.42. The van der Waals surface area contributed by atoms with Crippen molar-refractivity contribution in [1.29, 1.82) is 0 Å². The Morgan fingerprint density at radius 1 is 1.62 bits per heavy atom. The molecule has 2 rings (SSSR count). The van der Waals surface area contributed by atoms with E-state index >= 15 is 0 Å². The van der Waals surface area contributed by atoms with Gasteiger partial charge in [0.25, 0.3) is 0 Å². The van der Waals surface area contributed by atoms with E-state index in [1.54, 1.807) is 0 Å². The van der Waals surface area contributed by atoms with Gasteiger partial charge >= 0.3 is 0 Å². The molecular formula is C11H16N2. The van der Waals surface area contributed by atoms with Crippen LogP contribution < -0.4 is 0 Å². The van der Waals surface area contributed by atoms with Crippen LogP contribution in [0, 0.1) is 5.92 Å². The summed E-state index contributed by atoms with van der Waals surface area (Å²) in [7, 11) is 0. The first-order valence-corrected chi connectivity index (χ1v) is 4.92. The molecule has 0 atom stereocenters. The van der Waals surface area contributed by atoms with Gasteiger partial charge in [-0.05, 0) is 24.3 Å². The number of hydrogen-bond acceptors (Lipinski definition) is 1. The Hall–Kier alpha value is -1.05. The molecule has 1 aliphatic rings. The average Bonchev–Trinajstić information content (AvgIpc) is 2.83. The van der Waals surface area contributed by atoms with E-state index in [2.05, 4.69) is 36.4 Å². The molecule has 0 unspecified atom stereocenters. The Labute approximate surface area is 79.3 Å². The number of aromatic nitrogens is 2. The molecule has 13 heavy (non-hydrogen) atoms. The van der Waals surface area contributed by atoms with E-state index in [1.807, 2.05) is 6.20 Å². The highest BCUT2D eigenvalue weighted by Gasteiger charge is 2.24. The second-order valence-corrected chi connectivity index (χ2v) is 4.12. The highest BCUT2D eigenvalue weighted by Crippen LogP contribution is 2.34. The van der Waals surface area contributed by atoms with Crippen molar-refractivity contribution in [2.24, 2.45) is 5.92 Å². The molecule has 0 amide bonds. The number of nitrogens with zero attached hydrogens (tertiary/aromatic N) is 2. The lowest BCUT2D eigenvalue weighted by molar-refractivity contribution is 0.641. The summed E-state index contributed by atoms with van der Waals surface area (Å²) in [6.07, 6.45) is 6.63. The molecule has 1 aromatic heterocycles. The van der Waals surface area contributed by atoms with Gasteiger partial charge in [0, 0.05) is 11.8 Å².